The van der Waals surface area contributed by atoms with E-state index in [9.17, 15) is 4.79 Å². The maximum atomic E-state index is 12.4. The lowest BCUT2D eigenvalue weighted by Gasteiger charge is -2.29. The first-order valence-electron chi connectivity index (χ1n) is 11.7. The summed E-state index contributed by atoms with van der Waals surface area (Å²) < 4.78 is 11.5. The fraction of sp³-hybridized carbons (Fsp3) is 0.600. The monoisotopic (exact) mass is 457 g/mol. The predicted molar refractivity (Wildman–Crippen MR) is 128 cm³/mol. The molecule has 174 valence electrons. The van der Waals surface area contributed by atoms with E-state index in [1.807, 2.05) is 32.9 Å². The van der Waals surface area contributed by atoms with E-state index >= 15 is 0 Å². The highest BCUT2D eigenvalue weighted by atomic mass is 32.1. The van der Waals surface area contributed by atoms with Crippen molar-refractivity contribution < 1.29 is 14.3 Å². The zero-order valence-electron chi connectivity index (χ0n) is 19.7. The van der Waals surface area contributed by atoms with Crippen molar-refractivity contribution in [1.82, 2.24) is 14.8 Å². The second kappa shape index (κ2) is 9.79. The van der Waals surface area contributed by atoms with Gasteiger partial charge >= 0.3 is 6.09 Å². The number of carbonyl (C=O) groups is 1. The van der Waals surface area contributed by atoms with Gasteiger partial charge in [-0.1, -0.05) is 0 Å². The molecule has 0 aliphatic carbocycles. The molecule has 1 atom stereocenters. The highest BCUT2D eigenvalue weighted by molar-refractivity contribution is 7.15. The van der Waals surface area contributed by atoms with E-state index in [4.69, 9.17) is 14.5 Å². The minimum atomic E-state index is -0.480. The van der Waals surface area contributed by atoms with Crippen molar-refractivity contribution in [1.29, 1.82) is 0 Å². The summed E-state index contributed by atoms with van der Waals surface area (Å²) in [6.45, 7) is 12.3. The summed E-state index contributed by atoms with van der Waals surface area (Å²) in [5.74, 6) is 0.903. The summed E-state index contributed by atoms with van der Waals surface area (Å²) in [5.41, 5.74) is 1.71. The molecule has 1 amide bonds. The minimum absolute atomic E-state index is 0.251. The quantitative estimate of drug-likeness (QED) is 0.547. The molecule has 0 saturated carbocycles. The van der Waals surface area contributed by atoms with Crippen molar-refractivity contribution in [3.63, 3.8) is 0 Å². The first-order chi connectivity index (χ1) is 15.3. The van der Waals surface area contributed by atoms with Gasteiger partial charge in [0.15, 0.2) is 0 Å². The van der Waals surface area contributed by atoms with Crippen LogP contribution in [0, 0.1) is 0 Å². The van der Waals surface area contributed by atoms with Gasteiger partial charge in [-0.2, -0.15) is 0 Å². The van der Waals surface area contributed by atoms with Crippen LogP contribution in [0.1, 0.15) is 57.5 Å². The van der Waals surface area contributed by atoms with Crippen LogP contribution in [0.2, 0.25) is 0 Å². The normalized spacial score (nSPS) is 19.1. The van der Waals surface area contributed by atoms with Crippen LogP contribution >= 0.6 is 11.3 Å². The Morgan fingerprint density at radius 3 is 2.69 bits per heavy atom. The van der Waals surface area contributed by atoms with Gasteiger partial charge in [0.05, 0.1) is 18.8 Å². The van der Waals surface area contributed by atoms with E-state index in [2.05, 4.69) is 24.0 Å². The molecular weight excluding hydrogens is 422 g/mol. The predicted octanol–water partition coefficient (Wildman–Crippen LogP) is 5.36. The average Bonchev–Trinajstić information content (AvgIpc) is 3.35. The fourth-order valence-corrected chi connectivity index (χ4v) is 5.41. The molecule has 6 nitrogen and oxygen atoms in total. The topological polar surface area (TPSA) is 54.9 Å². The van der Waals surface area contributed by atoms with Crippen LogP contribution in [0.15, 0.2) is 24.3 Å². The van der Waals surface area contributed by atoms with E-state index in [1.54, 1.807) is 16.2 Å². The molecular formula is C25H35N3O3S. The first kappa shape index (κ1) is 23.1. The van der Waals surface area contributed by atoms with Gasteiger partial charge in [-0.25, -0.2) is 9.78 Å². The Morgan fingerprint density at radius 2 is 2.00 bits per heavy atom. The van der Waals surface area contributed by atoms with E-state index in [0.717, 1.165) is 58.9 Å². The number of benzene rings is 1. The minimum Gasteiger partial charge on any atom is -0.494 e. The summed E-state index contributed by atoms with van der Waals surface area (Å²) in [6.07, 6.45) is 4.21. The SMILES string of the molecule is CC1CCCN1CCCOc1ccc(-c2nc3c(s2)CN(C(=O)OC(C)(C)C)CC3)cc1. The Hall–Kier alpha value is -2.12. The third kappa shape index (κ3) is 5.81. The largest absolute Gasteiger partial charge is 0.494 e. The molecule has 1 fully saturated rings. The zero-order chi connectivity index (χ0) is 22.7. The van der Waals surface area contributed by atoms with E-state index in [1.165, 1.54) is 19.4 Å². The summed E-state index contributed by atoms with van der Waals surface area (Å²) >= 11 is 1.66. The van der Waals surface area contributed by atoms with Gasteiger partial charge in [0.25, 0.3) is 0 Å². The van der Waals surface area contributed by atoms with Crippen molar-refractivity contribution in [2.24, 2.45) is 0 Å². The Bertz CT molecular complexity index is 920. The van der Waals surface area contributed by atoms with Gasteiger partial charge in [-0.3, -0.25) is 0 Å². The van der Waals surface area contributed by atoms with Crippen molar-refractivity contribution in [2.75, 3.05) is 26.2 Å². The maximum absolute atomic E-state index is 12.4. The fourth-order valence-electron chi connectivity index (χ4n) is 4.28. The lowest BCUT2D eigenvalue weighted by molar-refractivity contribution is 0.0225. The molecule has 0 bridgehead atoms. The van der Waals surface area contributed by atoms with E-state index in [-0.39, 0.29) is 6.09 Å². The number of likely N-dealkylation sites (tertiary alicyclic amines) is 1. The molecule has 2 aliphatic rings. The van der Waals surface area contributed by atoms with Gasteiger partial charge in [0, 0.05) is 36.0 Å². The van der Waals surface area contributed by atoms with Crippen LogP contribution in [0.25, 0.3) is 10.6 Å². The van der Waals surface area contributed by atoms with E-state index in [0.29, 0.717) is 13.1 Å². The number of thiazole rings is 1. The van der Waals surface area contributed by atoms with Gasteiger partial charge in [0.2, 0.25) is 0 Å². The molecule has 1 saturated heterocycles. The number of hydrogen-bond acceptors (Lipinski definition) is 6. The van der Waals surface area contributed by atoms with Crippen molar-refractivity contribution in [3.8, 4) is 16.3 Å². The maximum Gasteiger partial charge on any atom is 0.410 e. The number of nitrogens with zero attached hydrogens (tertiary/aromatic N) is 3. The Kier molecular flexibility index (Phi) is 7.05. The summed E-state index contributed by atoms with van der Waals surface area (Å²) in [4.78, 5) is 22.7. The Balaban J connectivity index is 1.30. The molecule has 7 heteroatoms. The number of hydrogen-bond donors (Lipinski definition) is 0. The second-order valence-electron chi connectivity index (χ2n) is 9.79. The summed E-state index contributed by atoms with van der Waals surface area (Å²) in [6, 6.07) is 8.93. The van der Waals surface area contributed by atoms with Crippen LogP contribution in [0.5, 0.6) is 5.75 Å². The highest BCUT2D eigenvalue weighted by Crippen LogP contribution is 2.33. The zero-order valence-corrected chi connectivity index (χ0v) is 20.5. The van der Waals surface area contributed by atoms with Gasteiger partial charge in [-0.15, -0.1) is 11.3 Å². The summed E-state index contributed by atoms with van der Waals surface area (Å²) in [5, 5.41) is 0.996. The molecule has 1 unspecified atom stereocenters. The van der Waals surface area contributed by atoms with Crippen LogP contribution in [0.4, 0.5) is 4.79 Å². The molecule has 3 heterocycles. The van der Waals surface area contributed by atoms with Crippen molar-refractivity contribution in [3.05, 3.63) is 34.8 Å². The molecule has 4 rings (SSSR count). The number of fused-ring (bicyclic) bond motifs is 1. The van der Waals surface area contributed by atoms with Gasteiger partial charge < -0.3 is 19.3 Å². The van der Waals surface area contributed by atoms with Gasteiger partial charge in [-0.05, 0) is 77.8 Å². The van der Waals surface area contributed by atoms with Crippen molar-refractivity contribution in [2.45, 2.75) is 71.6 Å². The number of carbonyl (C=O) groups excluding carboxylic acids is 1. The Labute approximate surface area is 195 Å². The number of aromatic nitrogens is 1. The standard InChI is InChI=1S/C25H35N3O3S/c1-18-7-5-13-27(18)14-6-16-30-20-10-8-19(9-11-20)23-26-21-12-15-28(17-22(21)32-23)24(29)31-25(2,3)4/h8-11,18H,5-7,12-17H2,1-4H3. The third-order valence-corrected chi connectivity index (χ3v) is 7.16. The molecule has 1 aromatic carbocycles. The molecule has 32 heavy (non-hydrogen) atoms. The van der Waals surface area contributed by atoms with Gasteiger partial charge in [0.1, 0.15) is 16.4 Å². The Morgan fingerprint density at radius 1 is 1.22 bits per heavy atom. The van der Waals surface area contributed by atoms with Crippen LogP contribution < -0.4 is 4.74 Å². The molecule has 1 aromatic heterocycles. The molecule has 2 aliphatic heterocycles. The second-order valence-corrected chi connectivity index (χ2v) is 10.9. The number of amides is 1. The van der Waals surface area contributed by atoms with Crippen LogP contribution in [-0.2, 0) is 17.7 Å². The molecule has 0 spiro atoms. The number of rotatable bonds is 6. The van der Waals surface area contributed by atoms with E-state index < -0.39 is 5.60 Å². The third-order valence-electron chi connectivity index (χ3n) is 6.03. The molecule has 2 aromatic rings. The van der Waals surface area contributed by atoms with Crippen molar-refractivity contribution >= 4 is 17.4 Å². The summed E-state index contributed by atoms with van der Waals surface area (Å²) in [7, 11) is 0. The molecule has 0 N–H and O–H groups in total. The molecule has 0 radical (unpaired) electrons. The number of ether oxygens (including phenoxy) is 2. The smallest absolute Gasteiger partial charge is 0.410 e. The average molecular weight is 458 g/mol. The highest BCUT2D eigenvalue weighted by Gasteiger charge is 2.28. The first-order valence-corrected chi connectivity index (χ1v) is 12.5. The van der Waals surface area contributed by atoms with Crippen LogP contribution in [0.3, 0.4) is 0 Å². The lowest BCUT2D eigenvalue weighted by Crippen LogP contribution is -2.39. The lowest BCUT2D eigenvalue weighted by atomic mass is 10.2. The van der Waals surface area contributed by atoms with Crippen LogP contribution in [-0.4, -0.2) is 58.8 Å².